The van der Waals surface area contributed by atoms with Crippen LogP contribution in [0.3, 0.4) is 0 Å². The number of halogens is 10. The number of hydrogen-bond donors (Lipinski definition) is 1. The van der Waals surface area contributed by atoms with Gasteiger partial charge in [0.2, 0.25) is 0 Å². The van der Waals surface area contributed by atoms with Gasteiger partial charge in [-0.05, 0) is 45.8 Å². The van der Waals surface area contributed by atoms with Crippen LogP contribution in [-0.2, 0) is 6.61 Å². The van der Waals surface area contributed by atoms with Gasteiger partial charge >= 0.3 is 18.1 Å². The Labute approximate surface area is 195 Å². The van der Waals surface area contributed by atoms with Gasteiger partial charge in [0.15, 0.2) is 11.5 Å². The minimum absolute atomic E-state index is 0.00129. The summed E-state index contributed by atoms with van der Waals surface area (Å²) in [5.41, 5.74) is 1.14. The van der Waals surface area contributed by atoms with E-state index in [0.29, 0.717) is 27.2 Å². The molecule has 0 bridgehead atoms. The highest BCUT2D eigenvalue weighted by atomic mass is 79.9. The van der Waals surface area contributed by atoms with Crippen LogP contribution in [0.15, 0.2) is 39.9 Å². The second-order valence-corrected chi connectivity index (χ2v) is 7.77. The number of ether oxygens (including phenoxy) is 2. The van der Waals surface area contributed by atoms with E-state index in [9.17, 15) is 30.7 Å². The Bertz CT molecular complexity index is 1000. The summed E-state index contributed by atoms with van der Waals surface area (Å²) in [7, 11) is 1.26. The summed E-state index contributed by atoms with van der Waals surface area (Å²) in [6.07, 6.45) is -5.87. The van der Waals surface area contributed by atoms with Gasteiger partial charge < -0.3 is 9.47 Å². The smallest absolute Gasteiger partial charge is 0.462 e. The van der Waals surface area contributed by atoms with E-state index >= 15 is 0 Å². The summed E-state index contributed by atoms with van der Waals surface area (Å²) in [4.78, 5) is 0. The number of hydrogen-bond acceptors (Lipinski definition) is 4. The van der Waals surface area contributed by atoms with E-state index in [0.717, 1.165) is 0 Å². The highest BCUT2D eigenvalue weighted by Crippen LogP contribution is 2.45. The first-order chi connectivity index (χ1) is 14.7. The van der Waals surface area contributed by atoms with E-state index in [-0.39, 0.29) is 28.1 Å². The van der Waals surface area contributed by atoms with Crippen LogP contribution in [0.1, 0.15) is 11.1 Å². The lowest BCUT2D eigenvalue weighted by Gasteiger charge is -2.27. The molecule has 0 aliphatic carbocycles. The molecule has 14 heteroatoms. The fourth-order valence-corrected chi connectivity index (χ4v) is 3.22. The lowest BCUT2D eigenvalue weighted by molar-refractivity contribution is -0.361. The molecule has 4 nitrogen and oxygen atoms in total. The standard InChI is InChI=1S/C18H12BrCl2F7N2O2/c1-31-14-5-9(7-29-30-18(27,28)16(22,23)17(24,25)26)4-12(19)15(14)32-8-10-2-3-11(20)6-13(10)21/h2-7,30H,8H2,1H3/b29-7+. The molecule has 0 aliphatic rings. The van der Waals surface area contributed by atoms with Crippen molar-refractivity contribution in [3.63, 3.8) is 0 Å². The number of benzene rings is 2. The van der Waals surface area contributed by atoms with Crippen LogP contribution >= 0.6 is 39.1 Å². The third kappa shape index (κ3) is 5.90. The van der Waals surface area contributed by atoms with Crippen LogP contribution in [0.4, 0.5) is 30.7 Å². The summed E-state index contributed by atoms with van der Waals surface area (Å²) in [5.74, 6) is -6.08. The molecule has 32 heavy (non-hydrogen) atoms. The quantitative estimate of drug-likeness (QED) is 0.160. The van der Waals surface area contributed by atoms with Crippen LogP contribution in [0.25, 0.3) is 0 Å². The normalized spacial score (nSPS) is 12.8. The number of alkyl halides is 7. The molecule has 0 heterocycles. The van der Waals surface area contributed by atoms with Crippen molar-refractivity contribution in [3.05, 3.63) is 56.0 Å². The van der Waals surface area contributed by atoms with Crippen molar-refractivity contribution in [3.8, 4) is 11.5 Å². The Morgan fingerprint density at radius 2 is 1.72 bits per heavy atom. The molecule has 1 N–H and O–H groups in total. The highest BCUT2D eigenvalue weighted by Gasteiger charge is 2.73. The average Bonchev–Trinajstić information content (AvgIpc) is 2.66. The van der Waals surface area contributed by atoms with Crippen LogP contribution in [0, 0.1) is 0 Å². The fourth-order valence-electron chi connectivity index (χ4n) is 2.18. The predicted molar refractivity (Wildman–Crippen MR) is 108 cm³/mol. The largest absolute Gasteiger partial charge is 0.493 e. The summed E-state index contributed by atoms with van der Waals surface area (Å²) >= 11 is 15.1. The first kappa shape index (κ1) is 26.3. The van der Waals surface area contributed by atoms with E-state index < -0.39 is 18.1 Å². The first-order valence-electron chi connectivity index (χ1n) is 8.26. The molecule has 0 spiro atoms. The van der Waals surface area contributed by atoms with E-state index in [2.05, 4.69) is 21.0 Å². The van der Waals surface area contributed by atoms with E-state index in [1.807, 2.05) is 0 Å². The van der Waals surface area contributed by atoms with E-state index in [1.54, 1.807) is 12.1 Å². The zero-order valence-electron chi connectivity index (χ0n) is 15.7. The van der Waals surface area contributed by atoms with Crippen molar-refractivity contribution in [2.24, 2.45) is 5.10 Å². The van der Waals surface area contributed by atoms with E-state index in [4.69, 9.17) is 32.7 Å². The van der Waals surface area contributed by atoms with Gasteiger partial charge in [0.25, 0.3) is 0 Å². The zero-order valence-corrected chi connectivity index (χ0v) is 18.8. The molecule has 0 atom stereocenters. The Hall–Kier alpha value is -1.92. The molecular weight excluding hydrogens is 560 g/mol. The second kappa shape index (κ2) is 9.92. The Balaban J connectivity index is 2.19. The van der Waals surface area contributed by atoms with Crippen molar-refractivity contribution in [1.82, 2.24) is 5.43 Å². The maximum atomic E-state index is 13.2. The monoisotopic (exact) mass is 570 g/mol. The lowest BCUT2D eigenvalue weighted by Crippen LogP contribution is -2.58. The van der Waals surface area contributed by atoms with Gasteiger partial charge in [0.05, 0.1) is 17.8 Å². The third-order valence-electron chi connectivity index (χ3n) is 3.81. The lowest BCUT2D eigenvalue weighted by atomic mass is 10.2. The predicted octanol–water partition coefficient (Wildman–Crippen LogP) is 7.06. The molecule has 0 radical (unpaired) electrons. The Morgan fingerprint density at radius 3 is 2.28 bits per heavy atom. The number of rotatable bonds is 8. The molecule has 2 aromatic rings. The van der Waals surface area contributed by atoms with Gasteiger partial charge in [-0.1, -0.05) is 29.3 Å². The number of methoxy groups -OCH3 is 1. The van der Waals surface area contributed by atoms with E-state index in [1.165, 1.54) is 25.3 Å². The van der Waals surface area contributed by atoms with Crippen molar-refractivity contribution in [2.45, 2.75) is 24.8 Å². The van der Waals surface area contributed by atoms with Gasteiger partial charge in [0, 0.05) is 15.6 Å². The van der Waals surface area contributed by atoms with Crippen molar-refractivity contribution >= 4 is 45.3 Å². The summed E-state index contributed by atoms with van der Waals surface area (Å²) < 4.78 is 99.7. The number of nitrogens with one attached hydrogen (secondary N) is 1. The van der Waals surface area contributed by atoms with Crippen molar-refractivity contribution < 1.29 is 40.2 Å². The first-order valence-corrected chi connectivity index (χ1v) is 9.81. The molecule has 0 aromatic heterocycles. The van der Waals surface area contributed by atoms with Crippen molar-refractivity contribution in [1.29, 1.82) is 0 Å². The maximum absolute atomic E-state index is 13.2. The van der Waals surface area contributed by atoms with Gasteiger partial charge in [-0.25, -0.2) is 5.43 Å². The molecule has 0 fully saturated rings. The van der Waals surface area contributed by atoms with Crippen LogP contribution in [0.5, 0.6) is 11.5 Å². The van der Waals surface area contributed by atoms with Gasteiger partial charge in [-0.2, -0.15) is 35.8 Å². The summed E-state index contributed by atoms with van der Waals surface area (Å²) in [5, 5.41) is 3.57. The summed E-state index contributed by atoms with van der Waals surface area (Å²) in [6, 6.07) is 1.59. The SMILES string of the molecule is COc1cc(/C=N/NC(F)(F)C(F)(F)C(F)(F)F)cc(Br)c1OCc1ccc(Cl)cc1Cl. The topological polar surface area (TPSA) is 42.8 Å². The molecule has 2 rings (SSSR count). The minimum atomic E-state index is -6.47. The van der Waals surface area contributed by atoms with Crippen LogP contribution in [0.2, 0.25) is 10.0 Å². The molecule has 176 valence electrons. The molecule has 0 amide bonds. The molecule has 0 aliphatic heterocycles. The van der Waals surface area contributed by atoms with Crippen molar-refractivity contribution in [2.75, 3.05) is 7.11 Å². The minimum Gasteiger partial charge on any atom is -0.493 e. The van der Waals surface area contributed by atoms with Crippen LogP contribution < -0.4 is 14.9 Å². The Kier molecular flexibility index (Phi) is 8.16. The molecular formula is C18H12BrCl2F7N2O2. The summed E-state index contributed by atoms with van der Waals surface area (Å²) in [6.45, 7) is -0.00129. The number of hydrazone groups is 1. The van der Waals surface area contributed by atoms with Gasteiger partial charge in [-0.15, -0.1) is 0 Å². The highest BCUT2D eigenvalue weighted by molar-refractivity contribution is 9.10. The molecule has 0 saturated carbocycles. The van der Waals surface area contributed by atoms with Crippen LogP contribution in [-0.4, -0.2) is 31.5 Å². The fraction of sp³-hybridized carbons (Fsp3) is 0.278. The zero-order chi connectivity index (χ0) is 24.3. The maximum Gasteiger partial charge on any atom is 0.462 e. The van der Waals surface area contributed by atoms with Gasteiger partial charge in [-0.3, -0.25) is 0 Å². The molecule has 0 unspecified atom stereocenters. The molecule has 0 saturated heterocycles. The average molecular weight is 572 g/mol. The van der Waals surface area contributed by atoms with Gasteiger partial charge in [0.1, 0.15) is 6.61 Å². The number of nitrogens with zero attached hydrogens (tertiary/aromatic N) is 1. The second-order valence-electron chi connectivity index (χ2n) is 6.08. The molecule has 2 aromatic carbocycles. The Morgan fingerprint density at radius 1 is 1.06 bits per heavy atom. The third-order valence-corrected chi connectivity index (χ3v) is 4.98.